The highest BCUT2D eigenvalue weighted by Gasteiger charge is 2.42. The van der Waals surface area contributed by atoms with Crippen LogP contribution in [0.3, 0.4) is 0 Å². The molecule has 0 saturated heterocycles. The molecule has 1 aliphatic rings. The Morgan fingerprint density at radius 1 is 1.24 bits per heavy atom. The average Bonchev–Trinajstić information content (AvgIpc) is 3.12. The largest absolute Gasteiger partial charge is 0.439 e. The summed E-state index contributed by atoms with van der Waals surface area (Å²) < 4.78 is 32.8. The molecule has 2 aromatic rings. The van der Waals surface area contributed by atoms with E-state index in [1.165, 1.54) is 0 Å². The van der Waals surface area contributed by atoms with Crippen LogP contribution in [0.2, 0.25) is 5.02 Å². The molecular formula is C18H25ClN2O3S. The SMILES string of the molecule is CN(C)C1CCCC1S(=O)(=O)c1c(Cl)ccc2nc(C(C)(C)C)oc12. The second kappa shape index (κ2) is 6.25. The Morgan fingerprint density at radius 3 is 2.52 bits per heavy atom. The number of sulfone groups is 1. The van der Waals surface area contributed by atoms with Crippen LogP contribution in [0.1, 0.15) is 45.9 Å². The zero-order chi connectivity index (χ0) is 18.6. The smallest absolute Gasteiger partial charge is 0.200 e. The highest BCUT2D eigenvalue weighted by Crippen LogP contribution is 2.39. The molecule has 138 valence electrons. The second-order valence-corrected chi connectivity index (χ2v) is 10.6. The van der Waals surface area contributed by atoms with Crippen LogP contribution in [0.4, 0.5) is 0 Å². The van der Waals surface area contributed by atoms with Crippen molar-refractivity contribution in [1.29, 1.82) is 0 Å². The second-order valence-electron chi connectivity index (χ2n) is 8.04. The van der Waals surface area contributed by atoms with Gasteiger partial charge in [-0.1, -0.05) is 38.8 Å². The number of rotatable bonds is 3. The lowest BCUT2D eigenvalue weighted by atomic mass is 9.97. The quantitative estimate of drug-likeness (QED) is 0.799. The van der Waals surface area contributed by atoms with Crippen molar-refractivity contribution in [3.8, 4) is 0 Å². The molecule has 25 heavy (non-hydrogen) atoms. The minimum atomic E-state index is -3.63. The van der Waals surface area contributed by atoms with Crippen molar-refractivity contribution >= 4 is 32.5 Å². The fourth-order valence-corrected chi connectivity index (χ4v) is 6.33. The van der Waals surface area contributed by atoms with Gasteiger partial charge in [-0.25, -0.2) is 13.4 Å². The Morgan fingerprint density at radius 2 is 1.92 bits per heavy atom. The van der Waals surface area contributed by atoms with Gasteiger partial charge in [0.05, 0.1) is 10.3 Å². The molecule has 0 N–H and O–H groups in total. The van der Waals surface area contributed by atoms with Crippen molar-refractivity contribution in [2.75, 3.05) is 14.1 Å². The third-order valence-corrected chi connectivity index (χ3v) is 7.62. The van der Waals surface area contributed by atoms with Gasteiger partial charge in [0.25, 0.3) is 0 Å². The van der Waals surface area contributed by atoms with E-state index in [0.29, 0.717) is 17.8 Å². The standard InChI is InChI=1S/C18H25ClN2O3S/c1-18(2,3)17-20-12-10-9-11(19)16(15(12)24-17)25(22,23)14-8-6-7-13(14)21(4)5/h9-10,13-14H,6-8H2,1-5H3. The number of halogens is 1. The van der Waals surface area contributed by atoms with Gasteiger partial charge >= 0.3 is 0 Å². The van der Waals surface area contributed by atoms with Crippen molar-refractivity contribution in [2.45, 2.75) is 61.6 Å². The van der Waals surface area contributed by atoms with Gasteiger partial charge in [0.1, 0.15) is 10.4 Å². The number of aromatic nitrogens is 1. The van der Waals surface area contributed by atoms with Crippen molar-refractivity contribution < 1.29 is 12.8 Å². The third-order valence-electron chi connectivity index (χ3n) is 4.87. The van der Waals surface area contributed by atoms with E-state index in [2.05, 4.69) is 4.98 Å². The summed E-state index contributed by atoms with van der Waals surface area (Å²) in [5.41, 5.74) is 0.501. The van der Waals surface area contributed by atoms with E-state index < -0.39 is 15.1 Å². The predicted octanol–water partition coefficient (Wildman–Crippen LogP) is 4.04. The Bertz CT molecular complexity index is 897. The molecule has 0 bridgehead atoms. The summed E-state index contributed by atoms with van der Waals surface area (Å²) in [6.45, 7) is 5.94. The normalized spacial score (nSPS) is 22.2. The first-order valence-corrected chi connectivity index (χ1v) is 10.5. The minimum absolute atomic E-state index is 0.0127. The Kier molecular flexibility index (Phi) is 4.67. The number of fused-ring (bicyclic) bond motifs is 1. The molecule has 0 spiro atoms. The summed E-state index contributed by atoms with van der Waals surface area (Å²) in [5, 5.41) is -0.276. The summed E-state index contributed by atoms with van der Waals surface area (Å²) in [6, 6.07) is 3.31. The van der Waals surface area contributed by atoms with Crippen molar-refractivity contribution in [3.05, 3.63) is 23.0 Å². The van der Waals surface area contributed by atoms with Gasteiger partial charge in [-0.2, -0.15) is 0 Å². The van der Waals surface area contributed by atoms with Crippen LogP contribution in [0.15, 0.2) is 21.4 Å². The van der Waals surface area contributed by atoms with Gasteiger partial charge in [0, 0.05) is 11.5 Å². The zero-order valence-corrected chi connectivity index (χ0v) is 16.9. The first-order chi connectivity index (χ1) is 11.5. The molecular weight excluding hydrogens is 360 g/mol. The first-order valence-electron chi connectivity index (χ1n) is 8.53. The fraction of sp³-hybridized carbons (Fsp3) is 0.611. The van der Waals surface area contributed by atoms with E-state index in [-0.39, 0.29) is 27.0 Å². The van der Waals surface area contributed by atoms with E-state index in [0.717, 1.165) is 12.8 Å². The topological polar surface area (TPSA) is 63.4 Å². The summed E-state index contributed by atoms with van der Waals surface area (Å²) in [6.07, 6.45) is 2.40. The first kappa shape index (κ1) is 18.7. The molecule has 3 rings (SSSR count). The summed E-state index contributed by atoms with van der Waals surface area (Å²) in [7, 11) is 0.217. The van der Waals surface area contributed by atoms with Gasteiger partial charge < -0.3 is 9.32 Å². The molecule has 1 saturated carbocycles. The lowest BCUT2D eigenvalue weighted by molar-refractivity contribution is 0.299. The minimum Gasteiger partial charge on any atom is -0.439 e. The number of nitrogens with zero attached hydrogens (tertiary/aromatic N) is 2. The highest BCUT2D eigenvalue weighted by atomic mass is 35.5. The van der Waals surface area contributed by atoms with Crippen molar-refractivity contribution in [2.24, 2.45) is 0 Å². The van der Waals surface area contributed by atoms with E-state index in [9.17, 15) is 8.42 Å². The Balaban J connectivity index is 2.20. The molecule has 7 heteroatoms. The molecule has 2 unspecified atom stereocenters. The maximum atomic E-state index is 13.4. The highest BCUT2D eigenvalue weighted by molar-refractivity contribution is 7.92. The predicted molar refractivity (Wildman–Crippen MR) is 100 cm³/mol. The summed E-state index contributed by atoms with van der Waals surface area (Å²) in [4.78, 5) is 6.56. The number of hydrogen-bond donors (Lipinski definition) is 0. The monoisotopic (exact) mass is 384 g/mol. The van der Waals surface area contributed by atoms with E-state index in [1.54, 1.807) is 12.1 Å². The molecule has 1 aliphatic carbocycles. The Labute approximate surface area is 154 Å². The lowest BCUT2D eigenvalue weighted by Gasteiger charge is -2.26. The number of oxazole rings is 1. The fourth-order valence-electron chi connectivity index (χ4n) is 3.54. The van der Waals surface area contributed by atoms with Crippen LogP contribution < -0.4 is 0 Å². The summed E-state index contributed by atoms with van der Waals surface area (Å²) in [5.74, 6) is 0.511. The van der Waals surface area contributed by atoms with Gasteiger partial charge in [-0.15, -0.1) is 0 Å². The maximum Gasteiger partial charge on any atom is 0.200 e. The molecule has 5 nitrogen and oxygen atoms in total. The van der Waals surface area contributed by atoms with E-state index in [1.807, 2.05) is 39.8 Å². The van der Waals surface area contributed by atoms with Crippen LogP contribution in [0.25, 0.3) is 11.1 Å². The van der Waals surface area contributed by atoms with Crippen LogP contribution in [-0.4, -0.2) is 43.7 Å². The van der Waals surface area contributed by atoms with Crippen LogP contribution in [0, 0.1) is 0 Å². The summed E-state index contributed by atoms with van der Waals surface area (Å²) >= 11 is 6.34. The molecule has 2 atom stereocenters. The maximum absolute atomic E-state index is 13.4. The van der Waals surface area contributed by atoms with Gasteiger partial charge in [-0.3, -0.25) is 0 Å². The van der Waals surface area contributed by atoms with Crippen LogP contribution in [0.5, 0.6) is 0 Å². The van der Waals surface area contributed by atoms with Gasteiger partial charge in [0.15, 0.2) is 15.4 Å². The average molecular weight is 385 g/mol. The third kappa shape index (κ3) is 3.20. The Hall–Kier alpha value is -1.11. The number of hydrogen-bond acceptors (Lipinski definition) is 5. The molecule has 1 aromatic carbocycles. The van der Waals surface area contributed by atoms with Crippen molar-refractivity contribution in [1.82, 2.24) is 9.88 Å². The zero-order valence-electron chi connectivity index (χ0n) is 15.3. The van der Waals surface area contributed by atoms with Crippen LogP contribution in [-0.2, 0) is 15.3 Å². The van der Waals surface area contributed by atoms with Gasteiger partial charge in [0.2, 0.25) is 5.89 Å². The molecule has 1 aromatic heterocycles. The van der Waals surface area contributed by atoms with Crippen LogP contribution >= 0.6 is 11.6 Å². The molecule has 0 radical (unpaired) electrons. The lowest BCUT2D eigenvalue weighted by Crippen LogP contribution is -2.39. The van der Waals surface area contributed by atoms with E-state index in [4.69, 9.17) is 16.0 Å². The van der Waals surface area contributed by atoms with E-state index >= 15 is 0 Å². The molecule has 1 fully saturated rings. The number of benzene rings is 1. The van der Waals surface area contributed by atoms with Gasteiger partial charge in [-0.05, 0) is 39.1 Å². The molecule has 0 aliphatic heterocycles. The molecule has 1 heterocycles. The molecule has 0 amide bonds. The van der Waals surface area contributed by atoms with Crippen molar-refractivity contribution in [3.63, 3.8) is 0 Å².